The number of carbonyl (C=O) groups is 2. The lowest BCUT2D eigenvalue weighted by Gasteiger charge is -2.22. The van der Waals surface area contributed by atoms with E-state index < -0.39 is 11.7 Å². The molecule has 22 heavy (non-hydrogen) atoms. The lowest BCUT2D eigenvalue weighted by Crippen LogP contribution is -2.42. The summed E-state index contributed by atoms with van der Waals surface area (Å²) in [7, 11) is 0. The molecular weight excluding hydrogens is 280 g/mol. The first-order valence-corrected chi connectivity index (χ1v) is 7.58. The first kappa shape index (κ1) is 16.3. The zero-order valence-corrected chi connectivity index (χ0v) is 13.6. The summed E-state index contributed by atoms with van der Waals surface area (Å²) >= 11 is 0. The van der Waals surface area contributed by atoms with Crippen LogP contribution in [-0.2, 0) is 16.1 Å². The molecule has 0 bridgehead atoms. The van der Waals surface area contributed by atoms with Gasteiger partial charge in [-0.15, -0.1) is 0 Å². The molecule has 0 radical (unpaired) electrons. The molecular formula is C17H24N2O3. The molecule has 2 rings (SSSR count). The van der Waals surface area contributed by atoms with E-state index >= 15 is 0 Å². The SMILES string of the molecule is CC1C(=O)N(Cc2ccccc2)CC1NC(=O)OC(C)(C)C. The third kappa shape index (κ3) is 4.23. The summed E-state index contributed by atoms with van der Waals surface area (Å²) in [4.78, 5) is 26.0. The van der Waals surface area contributed by atoms with E-state index in [0.29, 0.717) is 13.1 Å². The average Bonchev–Trinajstić information content (AvgIpc) is 2.66. The minimum Gasteiger partial charge on any atom is -0.444 e. The molecule has 2 unspecified atom stereocenters. The Morgan fingerprint density at radius 3 is 2.55 bits per heavy atom. The molecule has 0 saturated carbocycles. The summed E-state index contributed by atoms with van der Waals surface area (Å²) in [5.41, 5.74) is 0.542. The van der Waals surface area contributed by atoms with Crippen LogP contribution in [0.15, 0.2) is 30.3 Å². The van der Waals surface area contributed by atoms with E-state index in [1.165, 1.54) is 0 Å². The van der Waals surface area contributed by atoms with Crippen LogP contribution in [0, 0.1) is 5.92 Å². The Morgan fingerprint density at radius 1 is 1.32 bits per heavy atom. The van der Waals surface area contributed by atoms with Gasteiger partial charge >= 0.3 is 6.09 Å². The lowest BCUT2D eigenvalue weighted by molar-refractivity contribution is -0.131. The van der Waals surface area contributed by atoms with Gasteiger partial charge in [-0.25, -0.2) is 4.79 Å². The highest BCUT2D eigenvalue weighted by molar-refractivity contribution is 5.83. The van der Waals surface area contributed by atoms with Crippen molar-refractivity contribution in [1.29, 1.82) is 0 Å². The Hall–Kier alpha value is -2.04. The summed E-state index contributed by atoms with van der Waals surface area (Å²) < 4.78 is 5.26. The molecule has 1 aliphatic rings. The van der Waals surface area contributed by atoms with Crippen LogP contribution < -0.4 is 5.32 Å². The van der Waals surface area contributed by atoms with E-state index in [1.807, 2.05) is 58.0 Å². The van der Waals surface area contributed by atoms with Crippen molar-refractivity contribution in [1.82, 2.24) is 10.2 Å². The van der Waals surface area contributed by atoms with Crippen molar-refractivity contribution in [3.05, 3.63) is 35.9 Å². The van der Waals surface area contributed by atoms with Gasteiger partial charge in [-0.1, -0.05) is 37.3 Å². The van der Waals surface area contributed by atoms with E-state index in [1.54, 1.807) is 4.90 Å². The van der Waals surface area contributed by atoms with Crippen LogP contribution in [0.25, 0.3) is 0 Å². The van der Waals surface area contributed by atoms with Crippen molar-refractivity contribution >= 4 is 12.0 Å². The number of hydrogen-bond donors (Lipinski definition) is 1. The Kier molecular flexibility index (Phi) is 4.74. The molecule has 1 saturated heterocycles. The molecule has 0 spiro atoms. The summed E-state index contributed by atoms with van der Waals surface area (Å²) in [5, 5.41) is 2.81. The van der Waals surface area contributed by atoms with E-state index in [2.05, 4.69) is 5.32 Å². The number of carbonyl (C=O) groups excluding carboxylic acids is 2. The molecule has 1 aromatic rings. The van der Waals surface area contributed by atoms with Gasteiger partial charge in [-0.3, -0.25) is 4.79 Å². The lowest BCUT2D eigenvalue weighted by atomic mass is 10.1. The van der Waals surface area contributed by atoms with Crippen LogP contribution in [0.5, 0.6) is 0 Å². The van der Waals surface area contributed by atoms with Crippen molar-refractivity contribution in [3.63, 3.8) is 0 Å². The van der Waals surface area contributed by atoms with Gasteiger partial charge in [0.05, 0.1) is 12.0 Å². The second-order valence-electron chi connectivity index (χ2n) is 6.75. The fourth-order valence-corrected chi connectivity index (χ4v) is 2.52. The van der Waals surface area contributed by atoms with Crippen molar-refractivity contribution < 1.29 is 14.3 Å². The maximum Gasteiger partial charge on any atom is 0.407 e. The van der Waals surface area contributed by atoms with Crippen LogP contribution in [0.1, 0.15) is 33.3 Å². The highest BCUT2D eigenvalue weighted by Crippen LogP contribution is 2.21. The first-order chi connectivity index (χ1) is 10.3. The normalized spacial score (nSPS) is 21.8. The number of benzene rings is 1. The van der Waals surface area contributed by atoms with Gasteiger partial charge in [0.1, 0.15) is 5.60 Å². The van der Waals surface area contributed by atoms with Gasteiger partial charge in [0.15, 0.2) is 0 Å². The van der Waals surface area contributed by atoms with E-state index in [4.69, 9.17) is 4.74 Å². The maximum absolute atomic E-state index is 12.3. The summed E-state index contributed by atoms with van der Waals surface area (Å²) in [6.07, 6.45) is -0.473. The predicted molar refractivity (Wildman–Crippen MR) is 84.2 cm³/mol. The molecule has 2 amide bonds. The van der Waals surface area contributed by atoms with E-state index in [-0.39, 0.29) is 17.9 Å². The highest BCUT2D eigenvalue weighted by Gasteiger charge is 2.38. The molecule has 1 heterocycles. The van der Waals surface area contributed by atoms with Crippen LogP contribution in [0.3, 0.4) is 0 Å². The zero-order valence-electron chi connectivity index (χ0n) is 13.6. The van der Waals surface area contributed by atoms with Crippen molar-refractivity contribution in [2.45, 2.75) is 45.9 Å². The van der Waals surface area contributed by atoms with Crippen molar-refractivity contribution in [3.8, 4) is 0 Å². The summed E-state index contributed by atoms with van der Waals surface area (Å²) in [5.74, 6) is -0.179. The molecule has 5 nitrogen and oxygen atoms in total. The quantitative estimate of drug-likeness (QED) is 0.933. The summed E-state index contributed by atoms with van der Waals surface area (Å²) in [6.45, 7) is 8.37. The molecule has 120 valence electrons. The van der Waals surface area contributed by atoms with Gasteiger partial charge in [0, 0.05) is 13.1 Å². The first-order valence-electron chi connectivity index (χ1n) is 7.58. The molecule has 0 aliphatic carbocycles. The third-order valence-electron chi connectivity index (χ3n) is 3.64. The Balaban J connectivity index is 1.95. The number of likely N-dealkylation sites (tertiary alicyclic amines) is 1. The monoisotopic (exact) mass is 304 g/mol. The second kappa shape index (κ2) is 6.38. The number of hydrogen-bond acceptors (Lipinski definition) is 3. The van der Waals surface area contributed by atoms with E-state index in [9.17, 15) is 9.59 Å². The number of alkyl carbamates (subject to hydrolysis) is 1. The van der Waals surface area contributed by atoms with Crippen LogP contribution in [0.2, 0.25) is 0 Å². The molecule has 1 N–H and O–H groups in total. The molecule has 5 heteroatoms. The van der Waals surface area contributed by atoms with E-state index in [0.717, 1.165) is 5.56 Å². The number of rotatable bonds is 3. The fraction of sp³-hybridized carbons (Fsp3) is 0.529. The average molecular weight is 304 g/mol. The van der Waals surface area contributed by atoms with Gasteiger partial charge in [-0.2, -0.15) is 0 Å². The smallest absolute Gasteiger partial charge is 0.407 e. The predicted octanol–water partition coefficient (Wildman–Crippen LogP) is 2.56. The standard InChI is InChI=1S/C17H24N2O3/c1-12-14(18-16(21)22-17(2,3)4)11-19(15(12)20)10-13-8-6-5-7-9-13/h5-9,12,14H,10-11H2,1-4H3,(H,18,21). The number of ether oxygens (including phenoxy) is 1. The van der Waals surface area contributed by atoms with Crippen LogP contribution in [-0.4, -0.2) is 35.1 Å². The summed E-state index contributed by atoms with van der Waals surface area (Å²) in [6, 6.07) is 9.63. The minimum absolute atomic E-state index is 0.0601. The number of amides is 2. The van der Waals surface area contributed by atoms with Gasteiger partial charge in [-0.05, 0) is 26.3 Å². The third-order valence-corrected chi connectivity index (χ3v) is 3.64. The topological polar surface area (TPSA) is 58.6 Å². The van der Waals surface area contributed by atoms with Gasteiger partial charge in [0.2, 0.25) is 5.91 Å². The minimum atomic E-state index is -0.542. The molecule has 2 atom stereocenters. The van der Waals surface area contributed by atoms with Crippen molar-refractivity contribution in [2.24, 2.45) is 5.92 Å². The molecule has 1 aromatic carbocycles. The number of nitrogens with one attached hydrogen (secondary N) is 1. The Labute approximate surface area is 131 Å². The fourth-order valence-electron chi connectivity index (χ4n) is 2.52. The highest BCUT2D eigenvalue weighted by atomic mass is 16.6. The van der Waals surface area contributed by atoms with Gasteiger partial charge in [0.25, 0.3) is 0 Å². The maximum atomic E-state index is 12.3. The van der Waals surface area contributed by atoms with Crippen molar-refractivity contribution in [2.75, 3.05) is 6.54 Å². The Morgan fingerprint density at radius 2 is 1.95 bits per heavy atom. The zero-order chi connectivity index (χ0) is 16.3. The van der Waals surface area contributed by atoms with Crippen LogP contribution in [0.4, 0.5) is 4.79 Å². The van der Waals surface area contributed by atoms with Gasteiger partial charge < -0.3 is 15.0 Å². The molecule has 1 aliphatic heterocycles. The number of nitrogens with zero attached hydrogens (tertiary/aromatic N) is 1. The molecule has 0 aromatic heterocycles. The van der Waals surface area contributed by atoms with Crippen LogP contribution >= 0.6 is 0 Å². The Bertz CT molecular complexity index is 537. The largest absolute Gasteiger partial charge is 0.444 e. The molecule has 1 fully saturated rings. The second-order valence-corrected chi connectivity index (χ2v) is 6.75.